The molecule has 1 N–H and O–H groups in total. The molecule has 1 amide bonds. The van der Waals surface area contributed by atoms with Crippen LogP contribution in [0.15, 0.2) is 106 Å². The first kappa shape index (κ1) is 23.9. The molecule has 2 aromatic heterocycles. The van der Waals surface area contributed by atoms with Crippen molar-refractivity contribution in [3.8, 4) is 17.1 Å². The number of aromatic nitrogens is 4. The Morgan fingerprint density at radius 3 is 2.53 bits per heavy atom. The first-order valence-corrected chi connectivity index (χ1v) is 12.9. The molecule has 0 aliphatic heterocycles. The minimum absolute atomic E-state index is 0.136. The molecule has 36 heavy (non-hydrogen) atoms. The van der Waals surface area contributed by atoms with Crippen molar-refractivity contribution in [3.05, 3.63) is 101 Å². The van der Waals surface area contributed by atoms with Crippen LogP contribution in [0.25, 0.3) is 27.8 Å². The molecule has 0 bridgehead atoms. The number of amides is 1. The summed E-state index contributed by atoms with van der Waals surface area (Å²) >= 11 is 4.78. The Kier molecular flexibility index (Phi) is 7.20. The summed E-state index contributed by atoms with van der Waals surface area (Å²) in [7, 11) is 0. The average Bonchev–Trinajstić information content (AvgIpc) is 3.35. The Morgan fingerprint density at radius 2 is 1.72 bits per heavy atom. The fourth-order valence-corrected chi connectivity index (χ4v) is 4.79. The third-order valence-corrected chi connectivity index (χ3v) is 6.97. The highest BCUT2D eigenvalue weighted by atomic mass is 79.9. The number of fused-ring (bicyclic) bond motifs is 1. The van der Waals surface area contributed by atoms with Crippen LogP contribution in [0.4, 0.5) is 0 Å². The summed E-state index contributed by atoms with van der Waals surface area (Å²) in [4.78, 5) is 16.8. The predicted molar refractivity (Wildman–Crippen MR) is 147 cm³/mol. The second kappa shape index (κ2) is 10.8. The van der Waals surface area contributed by atoms with Crippen molar-refractivity contribution in [2.75, 3.05) is 5.75 Å². The lowest BCUT2D eigenvalue weighted by molar-refractivity contribution is -0.118. The fourth-order valence-electron chi connectivity index (χ4n) is 3.78. The summed E-state index contributed by atoms with van der Waals surface area (Å²) in [5, 5.41) is 15.9. The van der Waals surface area contributed by atoms with E-state index in [9.17, 15) is 4.79 Å². The van der Waals surface area contributed by atoms with Gasteiger partial charge in [-0.2, -0.15) is 5.10 Å². The van der Waals surface area contributed by atoms with Crippen LogP contribution >= 0.6 is 27.7 Å². The summed E-state index contributed by atoms with van der Waals surface area (Å²) in [6.07, 6.45) is 3.43. The number of pyridine rings is 1. The third kappa shape index (κ3) is 5.22. The Hall–Kier alpha value is -3.82. The number of nitrogens with zero attached hydrogens (tertiary/aromatic N) is 5. The summed E-state index contributed by atoms with van der Waals surface area (Å²) in [5.41, 5.74) is 6.17. The number of hydrogen-bond acceptors (Lipinski definition) is 6. The molecule has 9 heteroatoms. The van der Waals surface area contributed by atoms with Crippen LogP contribution in [0, 0.1) is 0 Å². The van der Waals surface area contributed by atoms with Gasteiger partial charge in [0.2, 0.25) is 0 Å². The van der Waals surface area contributed by atoms with Crippen LogP contribution in [0.5, 0.6) is 0 Å². The van der Waals surface area contributed by atoms with Gasteiger partial charge in [-0.15, -0.1) is 10.2 Å². The van der Waals surface area contributed by atoms with Crippen LogP contribution < -0.4 is 5.43 Å². The van der Waals surface area contributed by atoms with Gasteiger partial charge in [-0.25, -0.2) is 5.43 Å². The molecule has 3 aromatic carbocycles. The van der Waals surface area contributed by atoms with E-state index in [-0.39, 0.29) is 11.7 Å². The Labute approximate surface area is 220 Å². The minimum atomic E-state index is -0.226. The molecule has 7 nitrogen and oxygen atoms in total. The molecule has 0 atom stereocenters. The number of rotatable bonds is 7. The van der Waals surface area contributed by atoms with Crippen molar-refractivity contribution in [1.29, 1.82) is 0 Å². The number of thioether (sulfide) groups is 1. The molecule has 0 unspecified atom stereocenters. The number of hydrogen-bond donors (Lipinski definition) is 1. The van der Waals surface area contributed by atoms with Crippen molar-refractivity contribution in [2.45, 2.75) is 12.1 Å². The average molecular weight is 557 g/mol. The zero-order chi connectivity index (χ0) is 24.9. The fraction of sp³-hybridized carbons (Fsp3) is 0.0741. The molecule has 0 aliphatic rings. The van der Waals surface area contributed by atoms with Crippen LogP contribution in [-0.4, -0.2) is 37.1 Å². The minimum Gasteiger partial charge on any atom is -0.272 e. The molecule has 0 radical (unpaired) electrons. The van der Waals surface area contributed by atoms with Gasteiger partial charge in [0.25, 0.3) is 5.91 Å². The quantitative estimate of drug-likeness (QED) is 0.154. The third-order valence-electron chi connectivity index (χ3n) is 5.52. The SMILES string of the molecule is C/C(=N\NC(=O)CSc1nnc(-c2ccncc2)n1-c1ccc(Br)cc1)c1cccc2ccccc12. The van der Waals surface area contributed by atoms with Crippen molar-refractivity contribution in [3.63, 3.8) is 0 Å². The molecule has 0 saturated carbocycles. The molecule has 0 aliphatic carbocycles. The van der Waals surface area contributed by atoms with Gasteiger partial charge in [-0.05, 0) is 54.1 Å². The maximum Gasteiger partial charge on any atom is 0.250 e. The van der Waals surface area contributed by atoms with Crippen LogP contribution in [-0.2, 0) is 4.79 Å². The molecule has 5 rings (SSSR count). The van der Waals surface area contributed by atoms with E-state index in [1.165, 1.54) is 11.8 Å². The van der Waals surface area contributed by atoms with Crippen LogP contribution in [0.2, 0.25) is 0 Å². The normalized spacial score (nSPS) is 11.6. The molecule has 0 saturated heterocycles. The van der Waals surface area contributed by atoms with Crippen LogP contribution in [0.3, 0.4) is 0 Å². The van der Waals surface area contributed by atoms with E-state index in [0.717, 1.165) is 37.8 Å². The number of hydrazone groups is 1. The summed E-state index contributed by atoms with van der Waals surface area (Å²) < 4.78 is 2.91. The Bertz CT molecular complexity index is 1540. The Morgan fingerprint density at radius 1 is 0.972 bits per heavy atom. The lowest BCUT2D eigenvalue weighted by atomic mass is 10.0. The van der Waals surface area contributed by atoms with Crippen molar-refractivity contribution in [2.24, 2.45) is 5.10 Å². The van der Waals surface area contributed by atoms with E-state index < -0.39 is 0 Å². The first-order valence-electron chi connectivity index (χ1n) is 11.2. The summed E-state index contributed by atoms with van der Waals surface area (Å²) in [6, 6.07) is 25.8. The van der Waals surface area contributed by atoms with E-state index in [2.05, 4.69) is 59.8 Å². The van der Waals surface area contributed by atoms with Crippen molar-refractivity contribution in [1.82, 2.24) is 25.2 Å². The number of nitrogens with one attached hydrogen (secondary N) is 1. The predicted octanol–water partition coefficient (Wildman–Crippen LogP) is 5.88. The van der Waals surface area contributed by atoms with E-state index in [4.69, 9.17) is 0 Å². The molecular formula is C27H21BrN6OS. The van der Waals surface area contributed by atoms with E-state index in [1.807, 2.05) is 72.2 Å². The van der Waals surface area contributed by atoms with Crippen LogP contribution in [0.1, 0.15) is 12.5 Å². The number of carbonyl (C=O) groups excluding carboxylic acids is 1. The second-order valence-corrected chi connectivity index (χ2v) is 9.76. The molecule has 178 valence electrons. The van der Waals surface area contributed by atoms with Gasteiger partial charge < -0.3 is 0 Å². The van der Waals surface area contributed by atoms with Crippen molar-refractivity contribution < 1.29 is 4.79 Å². The van der Waals surface area contributed by atoms with Gasteiger partial charge in [-0.1, -0.05) is 70.2 Å². The van der Waals surface area contributed by atoms with Gasteiger partial charge in [0.1, 0.15) is 0 Å². The maximum atomic E-state index is 12.7. The van der Waals surface area contributed by atoms with Gasteiger partial charge in [0.15, 0.2) is 11.0 Å². The van der Waals surface area contributed by atoms with Crippen molar-refractivity contribution >= 4 is 50.1 Å². The monoisotopic (exact) mass is 556 g/mol. The molecule has 0 fully saturated rings. The van der Waals surface area contributed by atoms with Gasteiger partial charge in [-0.3, -0.25) is 14.3 Å². The van der Waals surface area contributed by atoms with E-state index in [0.29, 0.717) is 11.0 Å². The standard InChI is InChI=1S/C27H21BrN6OS/c1-18(23-8-4-6-19-5-2-3-7-24(19)23)30-31-25(35)17-36-27-33-32-26(20-13-15-29-16-14-20)34(27)22-11-9-21(28)10-12-22/h2-16H,17H2,1H3,(H,31,35)/b30-18+. The highest BCUT2D eigenvalue weighted by Crippen LogP contribution is 2.28. The highest BCUT2D eigenvalue weighted by Gasteiger charge is 2.17. The zero-order valence-corrected chi connectivity index (χ0v) is 21.7. The van der Waals surface area contributed by atoms with E-state index in [1.54, 1.807) is 12.4 Å². The number of carbonyl (C=O) groups is 1. The number of benzene rings is 3. The van der Waals surface area contributed by atoms with Gasteiger partial charge >= 0.3 is 0 Å². The lowest BCUT2D eigenvalue weighted by Crippen LogP contribution is -2.21. The highest BCUT2D eigenvalue weighted by molar-refractivity contribution is 9.10. The van der Waals surface area contributed by atoms with Gasteiger partial charge in [0.05, 0.1) is 11.5 Å². The van der Waals surface area contributed by atoms with Gasteiger partial charge in [0, 0.05) is 33.7 Å². The summed E-state index contributed by atoms with van der Waals surface area (Å²) in [6.45, 7) is 1.89. The molecular weight excluding hydrogens is 536 g/mol. The van der Waals surface area contributed by atoms with E-state index >= 15 is 0 Å². The molecule has 2 heterocycles. The smallest absolute Gasteiger partial charge is 0.250 e. The Balaban J connectivity index is 1.34. The number of halogens is 1. The topological polar surface area (TPSA) is 85.1 Å². The zero-order valence-electron chi connectivity index (χ0n) is 19.3. The first-order chi connectivity index (χ1) is 17.6. The maximum absolute atomic E-state index is 12.7. The largest absolute Gasteiger partial charge is 0.272 e. The summed E-state index contributed by atoms with van der Waals surface area (Å²) in [5.74, 6) is 0.583. The molecule has 5 aromatic rings. The lowest BCUT2D eigenvalue weighted by Gasteiger charge is -2.10. The molecule has 0 spiro atoms. The second-order valence-electron chi connectivity index (χ2n) is 7.90.